The summed E-state index contributed by atoms with van der Waals surface area (Å²) in [6, 6.07) is 0.455. The molecule has 1 N–H and O–H groups in total. The maximum absolute atomic E-state index is 12.2. The highest BCUT2D eigenvalue weighted by molar-refractivity contribution is 5.76. The first kappa shape index (κ1) is 15.5. The average molecular weight is 305 g/mol. The molecule has 1 unspecified atom stereocenters. The van der Waals surface area contributed by atoms with Crippen molar-refractivity contribution in [2.75, 3.05) is 45.8 Å². The number of amides is 1. The van der Waals surface area contributed by atoms with E-state index < -0.39 is 0 Å². The number of nitrogens with zero attached hydrogens (tertiary/aromatic N) is 4. The molecule has 3 heterocycles. The molecule has 22 heavy (non-hydrogen) atoms. The van der Waals surface area contributed by atoms with E-state index in [1.165, 1.54) is 18.4 Å². The fourth-order valence-electron chi connectivity index (χ4n) is 3.41. The molecule has 2 fully saturated rings. The summed E-state index contributed by atoms with van der Waals surface area (Å²) in [6.45, 7) is 8.63. The second kappa shape index (κ2) is 7.24. The standard InChI is InChI=1S/C16H27N5O/c1-14-11-18-21(12-14)15-3-2-7-19(13-15)8-4-16(22)20-9-5-17-6-10-20/h11-12,15,17H,2-10,13H2,1H3. The van der Waals surface area contributed by atoms with Gasteiger partial charge in [-0.3, -0.25) is 9.48 Å². The van der Waals surface area contributed by atoms with Gasteiger partial charge in [-0.2, -0.15) is 5.10 Å². The second-order valence-corrected chi connectivity index (χ2v) is 6.48. The van der Waals surface area contributed by atoms with Crippen molar-refractivity contribution in [3.63, 3.8) is 0 Å². The number of piperazine rings is 1. The van der Waals surface area contributed by atoms with Gasteiger partial charge in [0.05, 0.1) is 12.2 Å². The lowest BCUT2D eigenvalue weighted by molar-refractivity contribution is -0.132. The summed E-state index contributed by atoms with van der Waals surface area (Å²) in [5.41, 5.74) is 1.21. The lowest BCUT2D eigenvalue weighted by Gasteiger charge is -2.33. The summed E-state index contributed by atoms with van der Waals surface area (Å²) in [7, 11) is 0. The molecule has 6 nitrogen and oxygen atoms in total. The molecule has 0 aliphatic carbocycles. The molecule has 0 aromatic carbocycles. The highest BCUT2D eigenvalue weighted by atomic mass is 16.2. The largest absolute Gasteiger partial charge is 0.340 e. The Morgan fingerprint density at radius 2 is 2.18 bits per heavy atom. The third kappa shape index (κ3) is 3.87. The van der Waals surface area contributed by atoms with E-state index in [4.69, 9.17) is 0 Å². The third-order valence-corrected chi connectivity index (χ3v) is 4.70. The fourth-order valence-corrected chi connectivity index (χ4v) is 3.41. The van der Waals surface area contributed by atoms with Crippen molar-refractivity contribution in [2.45, 2.75) is 32.2 Å². The Morgan fingerprint density at radius 1 is 1.36 bits per heavy atom. The molecule has 2 aliphatic heterocycles. The summed E-state index contributed by atoms with van der Waals surface area (Å²) in [6.07, 6.45) is 7.06. The van der Waals surface area contributed by atoms with Crippen molar-refractivity contribution in [1.82, 2.24) is 24.9 Å². The second-order valence-electron chi connectivity index (χ2n) is 6.48. The van der Waals surface area contributed by atoms with Crippen LogP contribution in [0.3, 0.4) is 0 Å². The first-order valence-electron chi connectivity index (χ1n) is 8.44. The van der Waals surface area contributed by atoms with Gasteiger partial charge >= 0.3 is 0 Å². The number of hydrogen-bond acceptors (Lipinski definition) is 4. The number of rotatable bonds is 4. The molecule has 1 aromatic rings. The first-order valence-corrected chi connectivity index (χ1v) is 8.44. The van der Waals surface area contributed by atoms with Gasteiger partial charge in [-0.15, -0.1) is 0 Å². The summed E-state index contributed by atoms with van der Waals surface area (Å²) in [5.74, 6) is 0.304. The van der Waals surface area contributed by atoms with Gasteiger partial charge in [-0.05, 0) is 31.9 Å². The van der Waals surface area contributed by atoms with Gasteiger partial charge < -0.3 is 15.1 Å². The van der Waals surface area contributed by atoms with Crippen molar-refractivity contribution < 1.29 is 4.79 Å². The van der Waals surface area contributed by atoms with E-state index in [1.54, 1.807) is 0 Å². The minimum atomic E-state index is 0.304. The van der Waals surface area contributed by atoms with E-state index in [1.807, 2.05) is 11.1 Å². The van der Waals surface area contributed by atoms with Crippen LogP contribution in [0.2, 0.25) is 0 Å². The molecule has 1 atom stereocenters. The van der Waals surface area contributed by atoms with Gasteiger partial charge in [-0.1, -0.05) is 0 Å². The number of carbonyl (C=O) groups excluding carboxylic acids is 1. The van der Waals surface area contributed by atoms with Crippen molar-refractivity contribution in [1.29, 1.82) is 0 Å². The van der Waals surface area contributed by atoms with Crippen molar-refractivity contribution in [2.24, 2.45) is 0 Å². The monoisotopic (exact) mass is 305 g/mol. The zero-order chi connectivity index (χ0) is 15.4. The van der Waals surface area contributed by atoms with Crippen LogP contribution >= 0.6 is 0 Å². The maximum Gasteiger partial charge on any atom is 0.223 e. The van der Waals surface area contributed by atoms with Gasteiger partial charge in [0.25, 0.3) is 0 Å². The molecule has 1 amide bonds. The Bertz CT molecular complexity index is 494. The van der Waals surface area contributed by atoms with Gasteiger partial charge in [-0.25, -0.2) is 0 Å². The number of likely N-dealkylation sites (tertiary alicyclic amines) is 1. The molecule has 1 aromatic heterocycles. The zero-order valence-corrected chi connectivity index (χ0v) is 13.5. The van der Waals surface area contributed by atoms with Crippen LogP contribution in [0.25, 0.3) is 0 Å². The normalized spacial score (nSPS) is 23.7. The minimum absolute atomic E-state index is 0.304. The molecular weight excluding hydrogens is 278 g/mol. The molecule has 2 aliphatic rings. The summed E-state index contributed by atoms with van der Waals surface area (Å²) in [4.78, 5) is 16.7. The molecule has 6 heteroatoms. The Hall–Kier alpha value is -1.40. The lowest BCUT2D eigenvalue weighted by Crippen LogP contribution is -2.47. The quantitative estimate of drug-likeness (QED) is 0.887. The Labute approximate surface area is 132 Å². The topological polar surface area (TPSA) is 53.4 Å². The van der Waals surface area contributed by atoms with Crippen molar-refractivity contribution >= 4 is 5.91 Å². The van der Waals surface area contributed by atoms with Crippen LogP contribution in [-0.2, 0) is 4.79 Å². The summed E-state index contributed by atoms with van der Waals surface area (Å²) < 4.78 is 2.10. The molecular formula is C16H27N5O. The predicted octanol–water partition coefficient (Wildman–Crippen LogP) is 0.650. The van der Waals surface area contributed by atoms with Crippen LogP contribution < -0.4 is 5.32 Å². The molecule has 0 saturated carbocycles. The van der Waals surface area contributed by atoms with Crippen LogP contribution in [0.15, 0.2) is 12.4 Å². The van der Waals surface area contributed by atoms with Crippen LogP contribution in [0.1, 0.15) is 30.9 Å². The SMILES string of the molecule is Cc1cnn(C2CCCN(CCC(=O)N3CCNCC3)C2)c1. The van der Waals surface area contributed by atoms with E-state index in [0.717, 1.165) is 45.8 Å². The number of carbonyl (C=O) groups is 1. The molecule has 3 rings (SSSR count). The fraction of sp³-hybridized carbons (Fsp3) is 0.750. The maximum atomic E-state index is 12.2. The zero-order valence-electron chi connectivity index (χ0n) is 13.5. The lowest BCUT2D eigenvalue weighted by atomic mass is 10.1. The highest BCUT2D eigenvalue weighted by Gasteiger charge is 2.23. The van der Waals surface area contributed by atoms with Crippen LogP contribution in [0.4, 0.5) is 0 Å². The van der Waals surface area contributed by atoms with Crippen molar-refractivity contribution in [3.8, 4) is 0 Å². The number of aromatic nitrogens is 2. The smallest absolute Gasteiger partial charge is 0.223 e. The highest BCUT2D eigenvalue weighted by Crippen LogP contribution is 2.21. The van der Waals surface area contributed by atoms with Gasteiger partial charge in [0.2, 0.25) is 5.91 Å². The van der Waals surface area contributed by atoms with Gasteiger partial charge in [0, 0.05) is 51.9 Å². The Kier molecular flexibility index (Phi) is 5.10. The third-order valence-electron chi connectivity index (χ3n) is 4.70. The predicted molar refractivity (Wildman–Crippen MR) is 85.7 cm³/mol. The number of hydrogen-bond donors (Lipinski definition) is 1. The summed E-state index contributed by atoms with van der Waals surface area (Å²) >= 11 is 0. The van der Waals surface area contributed by atoms with Crippen LogP contribution in [0, 0.1) is 6.92 Å². The Morgan fingerprint density at radius 3 is 2.91 bits per heavy atom. The molecule has 0 radical (unpaired) electrons. The van der Waals surface area contributed by atoms with E-state index >= 15 is 0 Å². The molecule has 0 bridgehead atoms. The van der Waals surface area contributed by atoms with E-state index in [9.17, 15) is 4.79 Å². The molecule has 2 saturated heterocycles. The van der Waals surface area contributed by atoms with Gasteiger partial charge in [0.1, 0.15) is 0 Å². The minimum Gasteiger partial charge on any atom is -0.340 e. The number of piperidine rings is 1. The van der Waals surface area contributed by atoms with E-state index in [-0.39, 0.29) is 0 Å². The van der Waals surface area contributed by atoms with E-state index in [0.29, 0.717) is 18.4 Å². The van der Waals surface area contributed by atoms with E-state index in [2.05, 4.69) is 33.1 Å². The summed E-state index contributed by atoms with van der Waals surface area (Å²) in [5, 5.41) is 7.74. The average Bonchev–Trinajstić information content (AvgIpc) is 3.00. The van der Waals surface area contributed by atoms with Gasteiger partial charge in [0.15, 0.2) is 0 Å². The van der Waals surface area contributed by atoms with Crippen LogP contribution in [-0.4, -0.2) is 71.3 Å². The Balaban J connectivity index is 1.47. The van der Waals surface area contributed by atoms with Crippen LogP contribution in [0.5, 0.6) is 0 Å². The molecule has 0 spiro atoms. The number of aryl methyl sites for hydroxylation is 1. The van der Waals surface area contributed by atoms with Crippen molar-refractivity contribution in [3.05, 3.63) is 18.0 Å². The molecule has 122 valence electrons. The number of nitrogens with one attached hydrogen (secondary N) is 1. The first-order chi connectivity index (χ1) is 10.7.